The number of nitrogens with one attached hydrogen (secondary N) is 2. The molecule has 3 aromatic rings. The fourth-order valence-corrected chi connectivity index (χ4v) is 2.70. The van der Waals surface area contributed by atoms with Crippen LogP contribution in [0.25, 0.3) is 11.0 Å². The van der Waals surface area contributed by atoms with Gasteiger partial charge in [-0.1, -0.05) is 12.1 Å². The second-order valence-electron chi connectivity index (χ2n) is 6.17. The van der Waals surface area contributed by atoms with Gasteiger partial charge >= 0.3 is 5.69 Å². The molecule has 3 rings (SSSR count). The first-order chi connectivity index (χ1) is 13.4. The SMILES string of the molecule is CC(Oc1ccc(F)cc1)C(=O)NNC(=O)Cn1c(=O)n(C)c2ccccc21. The largest absolute Gasteiger partial charge is 0.481 e. The summed E-state index contributed by atoms with van der Waals surface area (Å²) in [4.78, 5) is 36.5. The van der Waals surface area contributed by atoms with Gasteiger partial charge in [0.05, 0.1) is 11.0 Å². The number of para-hydroxylation sites is 2. The molecule has 2 N–H and O–H groups in total. The average molecular weight is 386 g/mol. The number of ether oxygens (including phenoxy) is 1. The molecule has 1 unspecified atom stereocenters. The molecule has 1 aromatic heterocycles. The fraction of sp³-hybridized carbons (Fsp3) is 0.211. The van der Waals surface area contributed by atoms with Crippen LogP contribution in [-0.2, 0) is 23.2 Å². The zero-order valence-corrected chi connectivity index (χ0v) is 15.3. The lowest BCUT2D eigenvalue weighted by molar-refractivity contribution is -0.132. The van der Waals surface area contributed by atoms with Gasteiger partial charge in [-0.2, -0.15) is 0 Å². The lowest BCUT2D eigenvalue weighted by Gasteiger charge is -2.15. The summed E-state index contributed by atoms with van der Waals surface area (Å²) in [5.74, 6) is -1.26. The van der Waals surface area contributed by atoms with Crippen LogP contribution in [-0.4, -0.2) is 27.1 Å². The van der Waals surface area contributed by atoms with Crippen LogP contribution in [0.4, 0.5) is 4.39 Å². The molecule has 0 saturated heterocycles. The molecule has 1 atom stereocenters. The predicted octanol–water partition coefficient (Wildman–Crippen LogP) is 1.09. The lowest BCUT2D eigenvalue weighted by atomic mass is 10.3. The van der Waals surface area contributed by atoms with Gasteiger partial charge in [0, 0.05) is 7.05 Å². The number of halogens is 1. The van der Waals surface area contributed by atoms with E-state index in [9.17, 15) is 18.8 Å². The Kier molecular flexibility index (Phi) is 5.44. The first kappa shape index (κ1) is 19.2. The maximum Gasteiger partial charge on any atom is 0.329 e. The van der Waals surface area contributed by atoms with Gasteiger partial charge in [0.1, 0.15) is 18.1 Å². The van der Waals surface area contributed by atoms with Crippen molar-refractivity contribution < 1.29 is 18.7 Å². The molecule has 0 bridgehead atoms. The van der Waals surface area contributed by atoms with Crippen molar-refractivity contribution in [2.75, 3.05) is 0 Å². The van der Waals surface area contributed by atoms with Crippen LogP contribution in [0.1, 0.15) is 6.92 Å². The third kappa shape index (κ3) is 4.03. The van der Waals surface area contributed by atoms with Crippen LogP contribution in [0.15, 0.2) is 53.3 Å². The van der Waals surface area contributed by atoms with Crippen molar-refractivity contribution in [1.82, 2.24) is 20.0 Å². The summed E-state index contributed by atoms with van der Waals surface area (Å²) in [5.41, 5.74) is 5.49. The Morgan fingerprint density at radius 1 is 1.07 bits per heavy atom. The van der Waals surface area contributed by atoms with E-state index >= 15 is 0 Å². The molecule has 1 heterocycles. The van der Waals surface area contributed by atoms with Gasteiger partial charge in [-0.15, -0.1) is 0 Å². The van der Waals surface area contributed by atoms with E-state index in [4.69, 9.17) is 4.74 Å². The predicted molar refractivity (Wildman–Crippen MR) is 100.0 cm³/mol. The van der Waals surface area contributed by atoms with Crippen LogP contribution >= 0.6 is 0 Å². The molecule has 2 amide bonds. The topological polar surface area (TPSA) is 94.4 Å². The molecule has 0 spiro atoms. The molecule has 0 radical (unpaired) electrons. The number of fused-ring (bicyclic) bond motifs is 1. The van der Waals surface area contributed by atoms with Gasteiger partial charge in [-0.3, -0.25) is 29.6 Å². The van der Waals surface area contributed by atoms with Crippen LogP contribution in [0.2, 0.25) is 0 Å². The highest BCUT2D eigenvalue weighted by atomic mass is 19.1. The molecule has 0 aliphatic rings. The molecule has 8 nitrogen and oxygen atoms in total. The average Bonchev–Trinajstić information content (AvgIpc) is 2.93. The Labute approximate surface area is 159 Å². The van der Waals surface area contributed by atoms with Crippen molar-refractivity contribution in [2.45, 2.75) is 19.6 Å². The van der Waals surface area contributed by atoms with E-state index in [0.717, 1.165) is 0 Å². The first-order valence-corrected chi connectivity index (χ1v) is 8.52. The van der Waals surface area contributed by atoms with Gasteiger partial charge in [-0.25, -0.2) is 9.18 Å². The van der Waals surface area contributed by atoms with E-state index in [2.05, 4.69) is 10.9 Å². The highest BCUT2D eigenvalue weighted by molar-refractivity contribution is 5.85. The number of carbonyl (C=O) groups excluding carboxylic acids is 2. The maximum absolute atomic E-state index is 12.9. The van der Waals surface area contributed by atoms with E-state index in [1.54, 1.807) is 31.3 Å². The van der Waals surface area contributed by atoms with Crippen LogP contribution in [0, 0.1) is 5.82 Å². The van der Waals surface area contributed by atoms with Crippen molar-refractivity contribution >= 4 is 22.8 Å². The summed E-state index contributed by atoms with van der Waals surface area (Å²) in [6, 6.07) is 12.3. The molecule has 2 aromatic carbocycles. The fourth-order valence-electron chi connectivity index (χ4n) is 2.70. The molecular weight excluding hydrogens is 367 g/mol. The molecule has 0 aliphatic carbocycles. The Bertz CT molecular complexity index is 1070. The molecule has 0 fully saturated rings. The smallest absolute Gasteiger partial charge is 0.329 e. The maximum atomic E-state index is 12.9. The second kappa shape index (κ2) is 7.95. The molecule has 9 heteroatoms. The van der Waals surface area contributed by atoms with Crippen molar-refractivity contribution in [1.29, 1.82) is 0 Å². The Balaban J connectivity index is 1.58. The number of nitrogens with zero attached hydrogens (tertiary/aromatic N) is 2. The van der Waals surface area contributed by atoms with Gasteiger partial charge in [0.15, 0.2) is 6.10 Å². The zero-order valence-electron chi connectivity index (χ0n) is 15.3. The number of carbonyl (C=O) groups is 2. The number of hydrogen-bond acceptors (Lipinski definition) is 4. The summed E-state index contributed by atoms with van der Waals surface area (Å²) in [6.45, 7) is 1.23. The Morgan fingerprint density at radius 2 is 1.71 bits per heavy atom. The molecule has 146 valence electrons. The minimum absolute atomic E-state index is 0.256. The number of hydrogen-bond donors (Lipinski definition) is 2. The highest BCUT2D eigenvalue weighted by Crippen LogP contribution is 2.13. The Hall–Kier alpha value is -3.62. The van der Waals surface area contributed by atoms with Crippen LogP contribution in [0.5, 0.6) is 5.75 Å². The monoisotopic (exact) mass is 386 g/mol. The third-order valence-electron chi connectivity index (χ3n) is 4.17. The molecule has 0 aliphatic heterocycles. The van der Waals surface area contributed by atoms with Crippen molar-refractivity contribution in [2.24, 2.45) is 7.05 Å². The minimum Gasteiger partial charge on any atom is -0.481 e. The van der Waals surface area contributed by atoms with Crippen molar-refractivity contribution in [3.05, 3.63) is 64.8 Å². The van der Waals surface area contributed by atoms with Gasteiger partial charge < -0.3 is 4.74 Å². The van der Waals surface area contributed by atoms with E-state index < -0.39 is 23.7 Å². The second-order valence-corrected chi connectivity index (χ2v) is 6.17. The summed E-state index contributed by atoms with van der Waals surface area (Å²) < 4.78 is 21.0. The highest BCUT2D eigenvalue weighted by Gasteiger charge is 2.17. The Morgan fingerprint density at radius 3 is 2.39 bits per heavy atom. The van der Waals surface area contributed by atoms with Gasteiger partial charge in [-0.05, 0) is 43.3 Å². The molecule has 0 saturated carbocycles. The zero-order chi connectivity index (χ0) is 20.3. The van der Waals surface area contributed by atoms with Crippen LogP contribution in [0.3, 0.4) is 0 Å². The van der Waals surface area contributed by atoms with Gasteiger partial charge in [0.25, 0.3) is 11.8 Å². The van der Waals surface area contributed by atoms with E-state index in [1.165, 1.54) is 40.3 Å². The van der Waals surface area contributed by atoms with Crippen molar-refractivity contribution in [3.8, 4) is 5.75 Å². The quantitative estimate of drug-likeness (QED) is 0.642. The summed E-state index contributed by atoms with van der Waals surface area (Å²) in [5, 5.41) is 0. The summed E-state index contributed by atoms with van der Waals surface area (Å²) in [7, 11) is 1.62. The van der Waals surface area contributed by atoms with Gasteiger partial charge in [0.2, 0.25) is 0 Å². The number of aryl methyl sites for hydroxylation is 1. The van der Waals surface area contributed by atoms with E-state index in [1.807, 2.05) is 0 Å². The lowest BCUT2D eigenvalue weighted by Crippen LogP contribution is -2.48. The van der Waals surface area contributed by atoms with E-state index in [-0.39, 0.29) is 12.2 Å². The number of hydrazine groups is 1. The van der Waals surface area contributed by atoms with Crippen LogP contribution < -0.4 is 21.3 Å². The standard InChI is InChI=1S/C19H19FN4O4/c1-12(28-14-9-7-13(20)8-10-14)18(26)22-21-17(25)11-24-16-6-4-3-5-15(16)23(2)19(24)27/h3-10,12H,11H2,1-2H3,(H,21,25)(H,22,26). The first-order valence-electron chi connectivity index (χ1n) is 8.52. The number of aromatic nitrogens is 2. The third-order valence-corrected chi connectivity index (χ3v) is 4.17. The number of amides is 2. The number of imidazole rings is 1. The number of rotatable bonds is 5. The normalized spacial score (nSPS) is 11.8. The summed E-state index contributed by atoms with van der Waals surface area (Å²) >= 11 is 0. The van der Waals surface area contributed by atoms with Crippen molar-refractivity contribution in [3.63, 3.8) is 0 Å². The summed E-state index contributed by atoms with van der Waals surface area (Å²) in [6.07, 6.45) is -0.925. The van der Waals surface area contributed by atoms with E-state index in [0.29, 0.717) is 16.8 Å². The molecular formula is C19H19FN4O4. The molecule has 28 heavy (non-hydrogen) atoms. The minimum atomic E-state index is -0.925. The number of benzene rings is 2.